The van der Waals surface area contributed by atoms with Gasteiger partial charge in [0.15, 0.2) is 0 Å². The van der Waals surface area contributed by atoms with Gasteiger partial charge in [-0.15, -0.1) is 36.2 Å². The molecule has 33 heavy (non-hydrogen) atoms. The highest BCUT2D eigenvalue weighted by Crippen LogP contribution is 2.36. The quantitative estimate of drug-likeness (QED) is 0.293. The number of nitrogens with two attached hydrogens (primary N) is 1. The summed E-state index contributed by atoms with van der Waals surface area (Å²) in [7, 11) is 0. The summed E-state index contributed by atoms with van der Waals surface area (Å²) in [5, 5.41) is 4.16. The van der Waals surface area contributed by atoms with E-state index in [9.17, 15) is 0 Å². The van der Waals surface area contributed by atoms with Gasteiger partial charge >= 0.3 is 0 Å². The van der Waals surface area contributed by atoms with Crippen LogP contribution >= 0.6 is 36.2 Å². The van der Waals surface area contributed by atoms with Gasteiger partial charge in [0.25, 0.3) is 0 Å². The Hall–Kier alpha value is -2.18. The van der Waals surface area contributed by atoms with Crippen LogP contribution in [0.4, 0.5) is 0 Å². The van der Waals surface area contributed by atoms with Crippen LogP contribution < -0.4 is 10.5 Å². The number of rotatable bonds is 7. The molecule has 176 valence electrons. The highest BCUT2D eigenvalue weighted by molar-refractivity contribution is 7.09. The van der Waals surface area contributed by atoms with E-state index in [-0.39, 0.29) is 24.8 Å². The monoisotopic (exact) mass is 503 g/mol. The lowest BCUT2D eigenvalue weighted by Crippen LogP contribution is -2.10. The zero-order chi connectivity index (χ0) is 22.0. The average molecular weight is 505 g/mol. The van der Waals surface area contributed by atoms with Gasteiger partial charge in [-0.1, -0.05) is 43.7 Å². The summed E-state index contributed by atoms with van der Waals surface area (Å²) in [6.45, 7) is 9.46. The Morgan fingerprint density at radius 2 is 1.73 bits per heavy atom. The second-order valence-electron chi connectivity index (χ2n) is 8.41. The van der Waals surface area contributed by atoms with E-state index in [1.807, 2.05) is 18.4 Å². The van der Waals surface area contributed by atoms with E-state index in [1.165, 1.54) is 5.56 Å². The predicted octanol–water partition coefficient (Wildman–Crippen LogP) is 7.05. The molecule has 0 aliphatic rings. The smallest absolute Gasteiger partial charge is 0.131 e. The fourth-order valence-corrected chi connectivity index (χ4v) is 4.48. The minimum atomic E-state index is 0. The van der Waals surface area contributed by atoms with Gasteiger partial charge in [-0.3, -0.25) is 4.98 Å². The standard InChI is InChI=1S/C26H29N3OS.2ClH/c1-16(2)11-25-23(13-27)26(19-7-5-17(3)6-8-19)22-12-21(9-10-24(22)29-25)30-14-20-15-31-18(4)28-20;;/h5-10,12,15-16H,11,13-14,27H2,1-4H3;2*1H. The molecule has 0 bridgehead atoms. The first-order valence-corrected chi connectivity index (χ1v) is 11.6. The highest BCUT2D eigenvalue weighted by atomic mass is 35.5. The van der Waals surface area contributed by atoms with Gasteiger partial charge < -0.3 is 10.5 Å². The van der Waals surface area contributed by atoms with Crippen LogP contribution in [0.2, 0.25) is 0 Å². The van der Waals surface area contributed by atoms with Crippen molar-refractivity contribution < 1.29 is 4.74 Å². The van der Waals surface area contributed by atoms with Crippen LogP contribution in [-0.4, -0.2) is 9.97 Å². The second-order valence-corrected chi connectivity index (χ2v) is 9.47. The molecule has 0 saturated carbocycles. The minimum absolute atomic E-state index is 0. The lowest BCUT2D eigenvalue weighted by Gasteiger charge is -2.18. The van der Waals surface area contributed by atoms with Crippen molar-refractivity contribution in [2.24, 2.45) is 11.7 Å². The number of aromatic nitrogens is 2. The molecule has 0 saturated heterocycles. The van der Waals surface area contributed by atoms with Crippen molar-refractivity contribution in [3.8, 4) is 16.9 Å². The van der Waals surface area contributed by atoms with Crippen molar-refractivity contribution in [3.63, 3.8) is 0 Å². The van der Waals surface area contributed by atoms with Crippen LogP contribution in [0, 0.1) is 19.8 Å². The average Bonchev–Trinajstić information content (AvgIpc) is 3.17. The van der Waals surface area contributed by atoms with Crippen molar-refractivity contribution >= 4 is 47.1 Å². The molecule has 0 spiro atoms. The molecular weight excluding hydrogens is 473 g/mol. The van der Waals surface area contributed by atoms with Crippen LogP contribution in [0.25, 0.3) is 22.0 Å². The summed E-state index contributed by atoms with van der Waals surface area (Å²) < 4.78 is 6.08. The summed E-state index contributed by atoms with van der Waals surface area (Å²) in [6, 6.07) is 14.8. The van der Waals surface area contributed by atoms with Crippen molar-refractivity contribution in [1.82, 2.24) is 9.97 Å². The van der Waals surface area contributed by atoms with Crippen LogP contribution in [-0.2, 0) is 19.6 Å². The molecule has 0 atom stereocenters. The largest absolute Gasteiger partial charge is 0.487 e. The van der Waals surface area contributed by atoms with Crippen LogP contribution in [0.5, 0.6) is 5.75 Å². The number of fused-ring (bicyclic) bond motifs is 1. The summed E-state index contributed by atoms with van der Waals surface area (Å²) >= 11 is 1.64. The molecule has 4 aromatic rings. The molecule has 2 N–H and O–H groups in total. The Bertz CT molecular complexity index is 1210. The lowest BCUT2D eigenvalue weighted by molar-refractivity contribution is 0.302. The first kappa shape index (κ1) is 27.1. The van der Waals surface area contributed by atoms with E-state index < -0.39 is 0 Å². The normalized spacial score (nSPS) is 10.7. The van der Waals surface area contributed by atoms with Gasteiger partial charge in [-0.2, -0.15) is 0 Å². The summed E-state index contributed by atoms with van der Waals surface area (Å²) in [4.78, 5) is 9.50. The van der Waals surface area contributed by atoms with Gasteiger partial charge in [0.1, 0.15) is 12.4 Å². The van der Waals surface area contributed by atoms with Gasteiger partial charge in [0.2, 0.25) is 0 Å². The third-order valence-corrected chi connectivity index (χ3v) is 6.16. The van der Waals surface area contributed by atoms with E-state index in [0.29, 0.717) is 19.1 Å². The van der Waals surface area contributed by atoms with Crippen LogP contribution in [0.15, 0.2) is 47.8 Å². The number of hydrogen-bond donors (Lipinski definition) is 1. The molecule has 2 aromatic heterocycles. The fourth-order valence-electron chi connectivity index (χ4n) is 3.88. The van der Waals surface area contributed by atoms with Gasteiger partial charge in [-0.05, 0) is 61.1 Å². The third-order valence-electron chi connectivity index (χ3n) is 5.34. The van der Waals surface area contributed by atoms with Gasteiger partial charge in [-0.25, -0.2) is 4.98 Å². The second kappa shape index (κ2) is 11.8. The molecule has 4 nitrogen and oxygen atoms in total. The lowest BCUT2D eigenvalue weighted by atomic mass is 9.91. The van der Waals surface area contributed by atoms with Crippen molar-refractivity contribution in [3.05, 3.63) is 75.4 Å². The number of aryl methyl sites for hydroxylation is 2. The number of ether oxygens (including phenoxy) is 1. The first-order valence-electron chi connectivity index (χ1n) is 10.7. The van der Waals surface area contributed by atoms with E-state index in [4.69, 9.17) is 15.5 Å². The molecule has 0 radical (unpaired) electrons. The van der Waals surface area contributed by atoms with Crippen LogP contribution in [0.3, 0.4) is 0 Å². The Labute approximate surface area is 212 Å². The Kier molecular flexibility index (Phi) is 9.68. The number of halogens is 2. The molecule has 0 fully saturated rings. The predicted molar refractivity (Wildman–Crippen MR) is 144 cm³/mol. The minimum Gasteiger partial charge on any atom is -0.487 e. The van der Waals surface area contributed by atoms with Crippen molar-refractivity contribution in [2.75, 3.05) is 0 Å². The van der Waals surface area contributed by atoms with E-state index in [2.05, 4.69) is 62.2 Å². The molecular formula is C26H31Cl2N3OS. The third kappa shape index (κ3) is 6.24. The Morgan fingerprint density at radius 1 is 1.00 bits per heavy atom. The molecule has 4 rings (SSSR count). The molecule has 0 aliphatic heterocycles. The zero-order valence-corrected chi connectivity index (χ0v) is 21.9. The topological polar surface area (TPSA) is 61.0 Å². The van der Waals surface area contributed by atoms with Crippen molar-refractivity contribution in [1.29, 1.82) is 0 Å². The maximum Gasteiger partial charge on any atom is 0.131 e. The summed E-state index contributed by atoms with van der Waals surface area (Å²) in [6.07, 6.45) is 0.906. The maximum absolute atomic E-state index is 6.28. The molecule has 0 unspecified atom stereocenters. The fraction of sp³-hybridized carbons (Fsp3) is 0.308. The van der Waals surface area contributed by atoms with Gasteiger partial charge in [0, 0.05) is 23.0 Å². The number of benzene rings is 2. The van der Waals surface area contributed by atoms with Gasteiger partial charge in [0.05, 0.1) is 16.2 Å². The zero-order valence-electron chi connectivity index (χ0n) is 19.4. The molecule has 7 heteroatoms. The number of pyridine rings is 1. The van der Waals surface area contributed by atoms with Crippen LogP contribution in [0.1, 0.15) is 41.4 Å². The first-order chi connectivity index (χ1) is 14.9. The van der Waals surface area contributed by atoms with E-state index >= 15 is 0 Å². The number of thiazole rings is 1. The number of nitrogens with zero attached hydrogens (tertiary/aromatic N) is 2. The summed E-state index contributed by atoms with van der Waals surface area (Å²) in [5.41, 5.74) is 14.0. The molecule has 0 amide bonds. The molecule has 2 aromatic carbocycles. The Balaban J connectivity index is 0.00000193. The maximum atomic E-state index is 6.28. The molecule has 2 heterocycles. The highest BCUT2D eigenvalue weighted by Gasteiger charge is 2.17. The van der Waals surface area contributed by atoms with E-state index in [0.717, 1.165) is 56.2 Å². The summed E-state index contributed by atoms with van der Waals surface area (Å²) in [5.74, 6) is 1.32. The SMILES string of the molecule is Cc1ccc(-c2c(CN)c(CC(C)C)nc3ccc(OCc4csc(C)n4)cc23)cc1.Cl.Cl. The van der Waals surface area contributed by atoms with E-state index in [1.54, 1.807) is 11.3 Å². The van der Waals surface area contributed by atoms with Crippen molar-refractivity contribution in [2.45, 2.75) is 47.3 Å². The molecule has 0 aliphatic carbocycles. The Morgan fingerprint density at radius 3 is 2.33 bits per heavy atom. The number of hydrogen-bond acceptors (Lipinski definition) is 5.